The zero-order valence-corrected chi connectivity index (χ0v) is 17.2. The van der Waals surface area contributed by atoms with E-state index in [1.165, 1.54) is 6.92 Å². The smallest absolute Gasteiger partial charge is 0.251 e. The number of hydrogen-bond donors (Lipinski definition) is 4. The van der Waals surface area contributed by atoms with E-state index < -0.39 is 12.1 Å². The number of aromatic nitrogens is 1. The Bertz CT molecular complexity index is 1150. The summed E-state index contributed by atoms with van der Waals surface area (Å²) in [5.41, 5.74) is 2.80. The number of aromatic amines is 1. The third-order valence-electron chi connectivity index (χ3n) is 4.89. The molecule has 1 unspecified atom stereocenters. The van der Waals surface area contributed by atoms with E-state index in [1.54, 1.807) is 43.5 Å². The number of nitrogens with zero attached hydrogens (tertiary/aromatic N) is 1. The molecule has 1 aromatic heterocycles. The molecule has 0 radical (unpaired) electrons. The minimum Gasteiger partial charge on any atom is -0.391 e. The van der Waals surface area contributed by atoms with Crippen LogP contribution in [0.1, 0.15) is 28.4 Å². The summed E-state index contributed by atoms with van der Waals surface area (Å²) >= 11 is 6.18. The maximum atomic E-state index is 12.7. The second-order valence-electron chi connectivity index (χ2n) is 7.00. The van der Waals surface area contributed by atoms with Crippen molar-refractivity contribution >= 4 is 39.9 Å². The van der Waals surface area contributed by atoms with Crippen LogP contribution in [-0.4, -0.2) is 40.5 Å². The molecule has 154 valence electrons. The van der Waals surface area contributed by atoms with Crippen LogP contribution in [0, 0.1) is 18.3 Å². The molecule has 3 rings (SSSR count). The largest absolute Gasteiger partial charge is 0.391 e. The molecule has 2 atom stereocenters. The Labute approximate surface area is 178 Å². The molecule has 1 heterocycles. The number of aliphatic hydroxyl groups is 1. The lowest BCUT2D eigenvalue weighted by molar-refractivity contribution is -0.120. The normalized spacial score (nSPS) is 12.8. The number of benzene rings is 2. The van der Waals surface area contributed by atoms with Crippen LogP contribution in [0.4, 0.5) is 5.69 Å². The molecule has 0 aliphatic heterocycles. The molecule has 3 aromatic rings. The van der Waals surface area contributed by atoms with Crippen molar-refractivity contribution in [1.29, 1.82) is 5.26 Å². The van der Waals surface area contributed by atoms with Gasteiger partial charge in [-0.05, 0) is 55.8 Å². The number of nitrogens with one attached hydrogen (secondary N) is 3. The summed E-state index contributed by atoms with van der Waals surface area (Å²) in [5.74, 6) is -0.769. The summed E-state index contributed by atoms with van der Waals surface area (Å²) in [6, 6.07) is 11.3. The summed E-state index contributed by atoms with van der Waals surface area (Å²) in [6.45, 7) is 2.95. The first-order valence-electron chi connectivity index (χ1n) is 9.33. The summed E-state index contributed by atoms with van der Waals surface area (Å²) in [7, 11) is 0. The van der Waals surface area contributed by atoms with Crippen LogP contribution < -0.4 is 10.6 Å². The number of hydrogen-bond acceptors (Lipinski definition) is 5. The molecular weight excluding hydrogens is 404 g/mol. The molecule has 4 N–H and O–H groups in total. The summed E-state index contributed by atoms with van der Waals surface area (Å²) < 4.78 is 0. The van der Waals surface area contributed by atoms with Crippen LogP contribution in [0.3, 0.4) is 0 Å². The van der Waals surface area contributed by atoms with E-state index in [1.807, 2.05) is 12.1 Å². The monoisotopic (exact) mass is 424 g/mol. The highest BCUT2D eigenvalue weighted by Gasteiger charge is 2.25. The van der Waals surface area contributed by atoms with Gasteiger partial charge in [0.05, 0.1) is 23.2 Å². The summed E-state index contributed by atoms with van der Waals surface area (Å²) in [4.78, 5) is 28.2. The highest BCUT2D eigenvalue weighted by molar-refractivity contribution is 6.32. The van der Waals surface area contributed by atoms with Gasteiger partial charge in [-0.25, -0.2) is 0 Å². The first kappa shape index (κ1) is 21.4. The van der Waals surface area contributed by atoms with Gasteiger partial charge < -0.3 is 20.7 Å². The van der Waals surface area contributed by atoms with E-state index in [-0.39, 0.29) is 23.3 Å². The Morgan fingerprint density at radius 1 is 1.27 bits per heavy atom. The molecule has 0 aliphatic rings. The standard InChI is InChI=1S/C22H21ClN4O3/c1-12-17(5-4-16(10-24)20(12)23)27-21(13(2)28)19(29)11-26-22(30)15-3-6-18-14(9-15)7-8-25-18/h3-9,13,21,25,27-28H,11H2,1-2H3,(H,26,30)/t13?,21-/m1/s1. The molecule has 2 aromatic carbocycles. The van der Waals surface area contributed by atoms with Gasteiger partial charge in [-0.2, -0.15) is 5.26 Å². The Morgan fingerprint density at radius 2 is 2.03 bits per heavy atom. The first-order chi connectivity index (χ1) is 14.3. The lowest BCUT2D eigenvalue weighted by Crippen LogP contribution is -2.45. The van der Waals surface area contributed by atoms with Crippen LogP contribution >= 0.6 is 11.6 Å². The fourth-order valence-corrected chi connectivity index (χ4v) is 3.35. The predicted molar refractivity (Wildman–Crippen MR) is 116 cm³/mol. The molecule has 30 heavy (non-hydrogen) atoms. The van der Waals surface area contributed by atoms with Crippen molar-refractivity contribution in [1.82, 2.24) is 10.3 Å². The van der Waals surface area contributed by atoms with Crippen LogP contribution in [-0.2, 0) is 4.79 Å². The highest BCUT2D eigenvalue weighted by Crippen LogP contribution is 2.27. The number of ketones is 1. The van der Waals surface area contributed by atoms with Crippen molar-refractivity contribution in [3.05, 3.63) is 64.3 Å². The average molecular weight is 425 g/mol. The van der Waals surface area contributed by atoms with E-state index >= 15 is 0 Å². The van der Waals surface area contributed by atoms with Crippen molar-refractivity contribution < 1.29 is 14.7 Å². The number of rotatable bonds is 7. The third kappa shape index (κ3) is 4.46. The van der Waals surface area contributed by atoms with Crippen molar-refractivity contribution in [2.24, 2.45) is 0 Å². The van der Waals surface area contributed by atoms with Gasteiger partial charge in [-0.3, -0.25) is 9.59 Å². The Morgan fingerprint density at radius 3 is 2.73 bits per heavy atom. The third-order valence-corrected chi connectivity index (χ3v) is 5.37. The van der Waals surface area contributed by atoms with Crippen LogP contribution in [0.25, 0.3) is 10.9 Å². The number of halogens is 1. The number of carbonyl (C=O) groups is 2. The van der Waals surface area contributed by atoms with Crippen molar-refractivity contribution in [3.8, 4) is 6.07 Å². The molecule has 0 saturated heterocycles. The van der Waals surface area contributed by atoms with E-state index in [9.17, 15) is 14.7 Å². The molecule has 8 heteroatoms. The van der Waals surface area contributed by atoms with E-state index in [0.29, 0.717) is 22.4 Å². The van der Waals surface area contributed by atoms with Gasteiger partial charge >= 0.3 is 0 Å². The number of Topliss-reactive ketones (excluding diaryl/α,β-unsaturated/α-hetero) is 1. The molecule has 7 nitrogen and oxygen atoms in total. The highest BCUT2D eigenvalue weighted by atomic mass is 35.5. The fourth-order valence-electron chi connectivity index (χ4n) is 3.14. The first-order valence-corrected chi connectivity index (χ1v) is 9.71. The number of carbonyl (C=O) groups excluding carboxylic acids is 2. The second kappa shape index (κ2) is 8.99. The predicted octanol–water partition coefficient (Wildman–Crippen LogP) is 3.16. The molecule has 0 fully saturated rings. The molecule has 0 saturated carbocycles. The van der Waals surface area contributed by atoms with Crippen LogP contribution in [0.5, 0.6) is 0 Å². The SMILES string of the molecule is Cc1c(N[C@@H](C(=O)CNC(=O)c2ccc3[nH]ccc3c2)C(C)O)ccc(C#N)c1Cl. The number of anilines is 1. The summed E-state index contributed by atoms with van der Waals surface area (Å²) in [5, 5.41) is 25.9. The van der Waals surface area contributed by atoms with Gasteiger partial charge in [-0.1, -0.05) is 11.6 Å². The Kier molecular flexibility index (Phi) is 6.40. The van der Waals surface area contributed by atoms with Gasteiger partial charge in [0, 0.05) is 28.4 Å². The zero-order valence-electron chi connectivity index (χ0n) is 16.5. The second-order valence-corrected chi connectivity index (χ2v) is 7.38. The molecule has 0 bridgehead atoms. The topological polar surface area (TPSA) is 118 Å². The fraction of sp³-hybridized carbons (Fsp3) is 0.227. The van der Waals surface area contributed by atoms with Gasteiger partial charge in [0.25, 0.3) is 5.91 Å². The number of nitriles is 1. The van der Waals surface area contributed by atoms with Gasteiger partial charge in [-0.15, -0.1) is 0 Å². The van der Waals surface area contributed by atoms with Crippen molar-refractivity contribution in [2.75, 3.05) is 11.9 Å². The number of fused-ring (bicyclic) bond motifs is 1. The van der Waals surface area contributed by atoms with E-state index in [2.05, 4.69) is 15.6 Å². The number of H-pyrrole nitrogens is 1. The Balaban J connectivity index is 1.69. The zero-order chi connectivity index (χ0) is 21.8. The summed E-state index contributed by atoms with van der Waals surface area (Å²) in [6.07, 6.45) is 0.769. The van der Waals surface area contributed by atoms with E-state index in [0.717, 1.165) is 10.9 Å². The van der Waals surface area contributed by atoms with Crippen LogP contribution in [0.15, 0.2) is 42.6 Å². The lowest BCUT2D eigenvalue weighted by Gasteiger charge is -2.23. The number of amides is 1. The van der Waals surface area contributed by atoms with Gasteiger partial charge in [0.2, 0.25) is 0 Å². The minimum atomic E-state index is -1.01. The lowest BCUT2D eigenvalue weighted by atomic mass is 10.0. The maximum absolute atomic E-state index is 12.7. The number of aliphatic hydroxyl groups excluding tert-OH is 1. The van der Waals surface area contributed by atoms with Crippen LogP contribution in [0.2, 0.25) is 5.02 Å². The quantitative estimate of drug-likeness (QED) is 0.464. The maximum Gasteiger partial charge on any atom is 0.251 e. The minimum absolute atomic E-state index is 0.254. The van der Waals surface area contributed by atoms with Crippen molar-refractivity contribution in [2.45, 2.75) is 26.0 Å². The molecular formula is C22H21ClN4O3. The Hall–Kier alpha value is -3.34. The van der Waals surface area contributed by atoms with Gasteiger partial charge in [0.15, 0.2) is 5.78 Å². The molecule has 1 amide bonds. The molecule has 0 spiro atoms. The molecule has 0 aliphatic carbocycles. The van der Waals surface area contributed by atoms with Gasteiger partial charge in [0.1, 0.15) is 12.1 Å². The van der Waals surface area contributed by atoms with E-state index in [4.69, 9.17) is 16.9 Å². The van der Waals surface area contributed by atoms with Crippen molar-refractivity contribution in [3.63, 3.8) is 0 Å². The average Bonchev–Trinajstić information content (AvgIpc) is 3.20.